The minimum atomic E-state index is -0.579. The molecule has 5 nitrogen and oxygen atoms in total. The van der Waals surface area contributed by atoms with Gasteiger partial charge in [0.25, 0.3) is 0 Å². The highest BCUT2D eigenvalue weighted by Gasteiger charge is 2.20. The van der Waals surface area contributed by atoms with Crippen LogP contribution in [-0.4, -0.2) is 29.5 Å². The second-order valence-electron chi connectivity index (χ2n) is 3.87. The van der Waals surface area contributed by atoms with Crippen molar-refractivity contribution in [3.63, 3.8) is 0 Å². The van der Waals surface area contributed by atoms with E-state index in [0.717, 1.165) is 0 Å². The van der Waals surface area contributed by atoms with E-state index >= 15 is 0 Å². The number of carbonyl (C=O) groups excluding carboxylic acids is 2. The number of benzene rings is 1. The monoisotopic (exact) mass is 236 g/mol. The summed E-state index contributed by atoms with van der Waals surface area (Å²) in [5.74, 6) is -0.128. The highest BCUT2D eigenvalue weighted by atomic mass is 16.6. The van der Waals surface area contributed by atoms with Gasteiger partial charge in [0.2, 0.25) is 5.91 Å². The largest absolute Gasteiger partial charge is 0.415 e. The lowest BCUT2D eigenvalue weighted by molar-refractivity contribution is -0.119. The first-order valence-corrected chi connectivity index (χ1v) is 5.32. The van der Waals surface area contributed by atoms with Crippen LogP contribution in [0.25, 0.3) is 0 Å². The Morgan fingerprint density at radius 1 is 1.29 bits per heavy atom. The van der Waals surface area contributed by atoms with Crippen LogP contribution >= 0.6 is 0 Å². The van der Waals surface area contributed by atoms with Crippen LogP contribution in [0.4, 0.5) is 4.79 Å². The number of amides is 2. The van der Waals surface area contributed by atoms with Crippen molar-refractivity contribution in [2.24, 2.45) is 5.73 Å². The molecule has 0 aliphatic heterocycles. The normalized spacial score (nSPS) is 10.1. The van der Waals surface area contributed by atoms with E-state index in [1.165, 1.54) is 4.90 Å². The quantitative estimate of drug-likeness (QED) is 0.858. The Bertz CT molecular complexity index is 390. The molecule has 5 heteroatoms. The molecule has 2 N–H and O–H groups in total. The summed E-state index contributed by atoms with van der Waals surface area (Å²) in [5.41, 5.74) is 5.07. The molecule has 0 fully saturated rings. The number of primary amides is 1. The fraction of sp³-hybridized carbons (Fsp3) is 0.333. The van der Waals surface area contributed by atoms with E-state index in [1.807, 2.05) is 6.07 Å². The fourth-order valence-electron chi connectivity index (χ4n) is 1.27. The standard InChI is InChI=1S/C12H16N2O3/c1-9(2)14(8-11(13)15)12(16)17-10-6-4-3-5-7-10/h3-7,9H,8H2,1-2H3,(H2,13,15). The molecule has 17 heavy (non-hydrogen) atoms. The van der Waals surface area contributed by atoms with Crippen molar-refractivity contribution in [2.45, 2.75) is 19.9 Å². The van der Waals surface area contributed by atoms with Gasteiger partial charge in [0.1, 0.15) is 12.3 Å². The third-order valence-electron chi connectivity index (χ3n) is 2.13. The summed E-state index contributed by atoms with van der Waals surface area (Å²) in [4.78, 5) is 23.9. The molecule has 0 aliphatic rings. The highest BCUT2D eigenvalue weighted by molar-refractivity contribution is 5.81. The van der Waals surface area contributed by atoms with Crippen molar-refractivity contribution >= 4 is 12.0 Å². The molecule has 0 atom stereocenters. The van der Waals surface area contributed by atoms with Crippen molar-refractivity contribution in [3.05, 3.63) is 30.3 Å². The molecule has 0 heterocycles. The van der Waals surface area contributed by atoms with Gasteiger partial charge in [-0.25, -0.2) is 4.79 Å². The molecule has 0 saturated heterocycles. The van der Waals surface area contributed by atoms with Crippen molar-refractivity contribution in [1.29, 1.82) is 0 Å². The van der Waals surface area contributed by atoms with Crippen LogP contribution in [0.15, 0.2) is 30.3 Å². The Labute approximate surface area is 100 Å². The summed E-state index contributed by atoms with van der Waals surface area (Å²) in [6, 6.07) is 8.52. The number of carbonyl (C=O) groups is 2. The van der Waals surface area contributed by atoms with Gasteiger partial charge in [-0.15, -0.1) is 0 Å². The zero-order valence-corrected chi connectivity index (χ0v) is 9.92. The van der Waals surface area contributed by atoms with Crippen molar-refractivity contribution < 1.29 is 14.3 Å². The van der Waals surface area contributed by atoms with Gasteiger partial charge < -0.3 is 10.5 Å². The predicted molar refractivity (Wildman–Crippen MR) is 63.5 cm³/mol. The zero-order chi connectivity index (χ0) is 12.8. The molecule has 2 amide bonds. The van der Waals surface area contributed by atoms with E-state index in [9.17, 15) is 9.59 Å². The number of nitrogens with two attached hydrogens (primary N) is 1. The number of hydrogen-bond donors (Lipinski definition) is 1. The molecule has 0 radical (unpaired) electrons. The maximum absolute atomic E-state index is 11.8. The van der Waals surface area contributed by atoms with Gasteiger partial charge in [0, 0.05) is 6.04 Å². The lowest BCUT2D eigenvalue weighted by atomic mass is 10.3. The first-order chi connectivity index (χ1) is 8.00. The van der Waals surface area contributed by atoms with E-state index in [4.69, 9.17) is 10.5 Å². The Hall–Kier alpha value is -2.04. The molecule has 0 bridgehead atoms. The number of nitrogens with zero attached hydrogens (tertiary/aromatic N) is 1. The Morgan fingerprint density at radius 2 is 1.88 bits per heavy atom. The molecule has 92 valence electrons. The Kier molecular flexibility index (Phi) is 4.51. The van der Waals surface area contributed by atoms with Crippen LogP contribution in [0.3, 0.4) is 0 Å². The van der Waals surface area contributed by atoms with Crippen molar-refractivity contribution in [1.82, 2.24) is 4.90 Å². The summed E-state index contributed by atoms with van der Waals surface area (Å²) in [6.07, 6.45) is -0.579. The predicted octanol–water partition coefficient (Wildman–Crippen LogP) is 1.38. The van der Waals surface area contributed by atoms with Crippen LogP contribution in [0.5, 0.6) is 5.75 Å². The summed E-state index contributed by atoms with van der Waals surface area (Å²) < 4.78 is 5.12. The molecule has 0 unspecified atom stereocenters. The zero-order valence-electron chi connectivity index (χ0n) is 9.92. The first kappa shape index (κ1) is 13.0. The van der Waals surface area contributed by atoms with Gasteiger partial charge >= 0.3 is 6.09 Å². The lowest BCUT2D eigenvalue weighted by Crippen LogP contribution is -2.44. The number of ether oxygens (including phenoxy) is 1. The second-order valence-corrected chi connectivity index (χ2v) is 3.87. The molecule has 0 saturated carbocycles. The maximum Gasteiger partial charge on any atom is 0.415 e. The average molecular weight is 236 g/mol. The van der Waals surface area contributed by atoms with Crippen LogP contribution < -0.4 is 10.5 Å². The maximum atomic E-state index is 11.8. The molecule has 0 aromatic heterocycles. The molecule has 1 aromatic carbocycles. The topological polar surface area (TPSA) is 72.6 Å². The Morgan fingerprint density at radius 3 is 2.35 bits per heavy atom. The van der Waals surface area contributed by atoms with E-state index < -0.39 is 12.0 Å². The summed E-state index contributed by atoms with van der Waals surface area (Å²) >= 11 is 0. The lowest BCUT2D eigenvalue weighted by Gasteiger charge is -2.24. The minimum Gasteiger partial charge on any atom is -0.410 e. The number of hydrogen-bond acceptors (Lipinski definition) is 3. The number of para-hydroxylation sites is 1. The van der Waals surface area contributed by atoms with E-state index in [2.05, 4.69) is 0 Å². The van der Waals surface area contributed by atoms with Gasteiger partial charge in [-0.05, 0) is 26.0 Å². The summed E-state index contributed by atoms with van der Waals surface area (Å²) in [5, 5.41) is 0. The fourth-order valence-corrected chi connectivity index (χ4v) is 1.27. The van der Waals surface area contributed by atoms with Gasteiger partial charge in [0.15, 0.2) is 0 Å². The highest BCUT2D eigenvalue weighted by Crippen LogP contribution is 2.11. The molecular formula is C12H16N2O3. The minimum absolute atomic E-state index is 0.149. The van der Waals surface area contributed by atoms with Crippen LogP contribution in [0.1, 0.15) is 13.8 Å². The van der Waals surface area contributed by atoms with Gasteiger partial charge in [-0.1, -0.05) is 18.2 Å². The smallest absolute Gasteiger partial charge is 0.410 e. The van der Waals surface area contributed by atoms with Crippen LogP contribution in [-0.2, 0) is 4.79 Å². The van der Waals surface area contributed by atoms with E-state index in [0.29, 0.717) is 5.75 Å². The SMILES string of the molecule is CC(C)N(CC(N)=O)C(=O)Oc1ccccc1. The third-order valence-corrected chi connectivity index (χ3v) is 2.13. The van der Waals surface area contributed by atoms with Gasteiger partial charge in [-0.3, -0.25) is 9.69 Å². The third kappa shape index (κ3) is 4.14. The van der Waals surface area contributed by atoms with Crippen molar-refractivity contribution in [2.75, 3.05) is 6.54 Å². The van der Waals surface area contributed by atoms with E-state index in [-0.39, 0.29) is 12.6 Å². The van der Waals surface area contributed by atoms with Crippen LogP contribution in [0, 0.1) is 0 Å². The molecular weight excluding hydrogens is 220 g/mol. The first-order valence-electron chi connectivity index (χ1n) is 5.32. The molecule has 0 aliphatic carbocycles. The van der Waals surface area contributed by atoms with Crippen molar-refractivity contribution in [3.8, 4) is 5.75 Å². The number of rotatable bonds is 4. The molecule has 1 rings (SSSR count). The average Bonchev–Trinajstić information content (AvgIpc) is 2.26. The summed E-state index contributed by atoms with van der Waals surface area (Å²) in [6.45, 7) is 3.42. The summed E-state index contributed by atoms with van der Waals surface area (Å²) in [7, 11) is 0. The van der Waals surface area contributed by atoms with Gasteiger partial charge in [0.05, 0.1) is 0 Å². The van der Waals surface area contributed by atoms with E-state index in [1.54, 1.807) is 38.1 Å². The molecule has 1 aromatic rings. The van der Waals surface area contributed by atoms with Gasteiger partial charge in [-0.2, -0.15) is 0 Å². The van der Waals surface area contributed by atoms with Crippen LogP contribution in [0.2, 0.25) is 0 Å². The molecule has 0 spiro atoms. The Balaban J connectivity index is 2.69. The second kappa shape index (κ2) is 5.89.